The molecule has 134 valence electrons. The van der Waals surface area contributed by atoms with Gasteiger partial charge in [0.15, 0.2) is 6.61 Å². The second kappa shape index (κ2) is 7.98. The van der Waals surface area contributed by atoms with Crippen molar-refractivity contribution < 1.29 is 19.1 Å². The van der Waals surface area contributed by atoms with Crippen molar-refractivity contribution in [2.75, 3.05) is 27.2 Å². The summed E-state index contributed by atoms with van der Waals surface area (Å²) in [6.45, 7) is 3.42. The monoisotopic (exact) mass is 363 g/mol. The number of rotatable bonds is 6. The van der Waals surface area contributed by atoms with Crippen molar-refractivity contribution in [2.45, 2.75) is 13.8 Å². The molecule has 0 aromatic carbocycles. The Morgan fingerprint density at radius 3 is 2.44 bits per heavy atom. The molecule has 0 spiro atoms. The molecular formula is C17H21N3O4S. The molecule has 2 rings (SSSR count). The normalized spacial score (nSPS) is 10.4. The smallest absolute Gasteiger partial charge is 0.341 e. The van der Waals surface area contributed by atoms with Crippen LogP contribution in [0.4, 0.5) is 0 Å². The second-order valence-electron chi connectivity index (χ2n) is 5.59. The van der Waals surface area contributed by atoms with Crippen molar-refractivity contribution >= 4 is 29.1 Å². The average molecular weight is 363 g/mol. The lowest BCUT2D eigenvalue weighted by Gasteiger charge is -2.16. The number of carbonyl (C=O) groups is 3. The molecule has 0 saturated heterocycles. The highest BCUT2D eigenvalue weighted by atomic mass is 32.1. The summed E-state index contributed by atoms with van der Waals surface area (Å²) in [5.74, 6) is -1.30. The topological polar surface area (TPSA) is 80.6 Å². The molecule has 0 atom stereocenters. The van der Waals surface area contributed by atoms with Crippen LogP contribution in [-0.2, 0) is 14.3 Å². The van der Waals surface area contributed by atoms with Gasteiger partial charge in [0.1, 0.15) is 5.00 Å². The van der Waals surface area contributed by atoms with Gasteiger partial charge in [-0.1, -0.05) is 0 Å². The lowest BCUT2D eigenvalue weighted by atomic mass is 10.3. The zero-order chi connectivity index (χ0) is 18.6. The number of hydrogen-bond acceptors (Lipinski definition) is 5. The molecule has 2 aromatic rings. The quantitative estimate of drug-likeness (QED) is 0.789. The van der Waals surface area contributed by atoms with Crippen LogP contribution in [0.3, 0.4) is 0 Å². The number of aryl methyl sites for hydroxylation is 2. The molecule has 0 radical (unpaired) electrons. The van der Waals surface area contributed by atoms with E-state index in [0.29, 0.717) is 5.56 Å². The molecule has 0 aliphatic heterocycles. The number of carbonyl (C=O) groups excluding carboxylic acids is 3. The van der Waals surface area contributed by atoms with E-state index in [-0.39, 0.29) is 12.5 Å². The Balaban J connectivity index is 2.05. The molecule has 25 heavy (non-hydrogen) atoms. The lowest BCUT2D eigenvalue weighted by molar-refractivity contribution is -0.137. The van der Waals surface area contributed by atoms with E-state index in [1.807, 2.05) is 35.9 Å². The van der Waals surface area contributed by atoms with Crippen LogP contribution in [0, 0.1) is 13.8 Å². The van der Waals surface area contributed by atoms with Gasteiger partial charge in [0.25, 0.3) is 5.91 Å². The fraction of sp³-hybridized carbons (Fsp3) is 0.353. The van der Waals surface area contributed by atoms with Gasteiger partial charge in [0, 0.05) is 25.5 Å². The first kappa shape index (κ1) is 18.7. The van der Waals surface area contributed by atoms with E-state index in [1.54, 1.807) is 6.07 Å². The Morgan fingerprint density at radius 1 is 1.20 bits per heavy atom. The number of amides is 2. The largest absolute Gasteiger partial charge is 0.452 e. The highest BCUT2D eigenvalue weighted by Gasteiger charge is 2.20. The minimum atomic E-state index is -0.564. The third-order valence-corrected chi connectivity index (χ3v) is 4.65. The van der Waals surface area contributed by atoms with Crippen LogP contribution >= 0.6 is 11.3 Å². The Bertz CT molecular complexity index is 774. The molecule has 8 heteroatoms. The maximum atomic E-state index is 12.4. The Hall–Kier alpha value is -2.61. The van der Waals surface area contributed by atoms with Crippen molar-refractivity contribution in [2.24, 2.45) is 0 Å². The summed E-state index contributed by atoms with van der Waals surface area (Å²) in [6.07, 6.45) is 0. The third-order valence-electron chi connectivity index (χ3n) is 3.75. The van der Waals surface area contributed by atoms with E-state index in [1.165, 1.54) is 30.3 Å². The minimum Gasteiger partial charge on any atom is -0.452 e. The number of nitrogens with one attached hydrogen (secondary N) is 1. The predicted octanol–water partition coefficient (Wildman–Crippen LogP) is 1.52. The average Bonchev–Trinajstić information content (AvgIpc) is 3.18. The van der Waals surface area contributed by atoms with Gasteiger partial charge in [-0.15, -0.1) is 11.3 Å². The van der Waals surface area contributed by atoms with Crippen LogP contribution < -0.4 is 5.32 Å². The molecule has 0 saturated carbocycles. The summed E-state index contributed by atoms with van der Waals surface area (Å²) in [5.41, 5.74) is 2.43. The van der Waals surface area contributed by atoms with Crippen molar-refractivity contribution in [3.8, 4) is 5.00 Å². The predicted molar refractivity (Wildman–Crippen MR) is 95.1 cm³/mol. The molecule has 2 aromatic heterocycles. The number of likely N-dealkylation sites (N-methyl/N-ethyl adjacent to an activating group) is 2. The van der Waals surface area contributed by atoms with Crippen molar-refractivity contribution in [3.63, 3.8) is 0 Å². The SMILES string of the molecule is CNC(=O)CN(C)C(=O)COC(=O)c1ccsc1-n1c(C)ccc1C. The van der Waals surface area contributed by atoms with Gasteiger partial charge in [-0.05, 0) is 37.4 Å². The highest BCUT2D eigenvalue weighted by Crippen LogP contribution is 2.26. The lowest BCUT2D eigenvalue weighted by Crippen LogP contribution is -2.39. The van der Waals surface area contributed by atoms with Crippen molar-refractivity contribution in [1.29, 1.82) is 0 Å². The van der Waals surface area contributed by atoms with E-state index < -0.39 is 18.5 Å². The zero-order valence-electron chi connectivity index (χ0n) is 14.7. The Kier molecular flexibility index (Phi) is 5.97. The van der Waals surface area contributed by atoms with Crippen LogP contribution in [0.15, 0.2) is 23.6 Å². The summed E-state index contributed by atoms with van der Waals surface area (Å²) in [4.78, 5) is 36.8. The second-order valence-corrected chi connectivity index (χ2v) is 6.48. The molecular weight excluding hydrogens is 342 g/mol. The fourth-order valence-electron chi connectivity index (χ4n) is 2.32. The van der Waals surface area contributed by atoms with Gasteiger partial charge >= 0.3 is 5.97 Å². The van der Waals surface area contributed by atoms with Gasteiger partial charge < -0.3 is 19.5 Å². The standard InChI is InChI=1S/C17H21N3O4S/c1-11-5-6-12(2)20(11)16-13(7-8-25-16)17(23)24-10-15(22)19(4)9-14(21)18-3/h5-8H,9-10H2,1-4H3,(H,18,21). The number of nitrogens with zero attached hydrogens (tertiary/aromatic N) is 2. The Morgan fingerprint density at radius 2 is 1.84 bits per heavy atom. The van der Waals surface area contributed by atoms with Gasteiger partial charge in [0.2, 0.25) is 5.91 Å². The number of aromatic nitrogens is 1. The zero-order valence-corrected chi connectivity index (χ0v) is 15.5. The Labute approximate surface area is 150 Å². The van der Waals surface area contributed by atoms with Gasteiger partial charge in [-0.25, -0.2) is 4.79 Å². The van der Waals surface area contributed by atoms with Crippen molar-refractivity contribution in [3.05, 3.63) is 40.5 Å². The molecule has 0 bridgehead atoms. The van der Waals surface area contributed by atoms with Crippen molar-refractivity contribution in [1.82, 2.24) is 14.8 Å². The minimum absolute atomic E-state index is 0.0850. The maximum Gasteiger partial charge on any atom is 0.341 e. The summed E-state index contributed by atoms with van der Waals surface area (Å²) in [7, 11) is 2.97. The van der Waals surface area contributed by atoms with Crippen LogP contribution in [0.25, 0.3) is 5.00 Å². The summed E-state index contributed by atoms with van der Waals surface area (Å²) in [6, 6.07) is 5.63. The van der Waals surface area contributed by atoms with Gasteiger partial charge in [0.05, 0.1) is 12.1 Å². The van der Waals surface area contributed by atoms with E-state index in [9.17, 15) is 14.4 Å². The summed E-state index contributed by atoms with van der Waals surface area (Å²) < 4.78 is 7.11. The third kappa shape index (κ3) is 4.27. The van der Waals surface area contributed by atoms with E-state index in [2.05, 4.69) is 5.32 Å². The molecule has 0 unspecified atom stereocenters. The van der Waals surface area contributed by atoms with Gasteiger partial charge in [-0.3, -0.25) is 9.59 Å². The summed E-state index contributed by atoms with van der Waals surface area (Å²) >= 11 is 1.43. The molecule has 0 fully saturated rings. The number of ether oxygens (including phenoxy) is 1. The number of esters is 1. The first-order chi connectivity index (χ1) is 11.8. The van der Waals surface area contributed by atoms with Crippen LogP contribution in [0.2, 0.25) is 0 Å². The number of hydrogen-bond donors (Lipinski definition) is 1. The first-order valence-electron chi connectivity index (χ1n) is 7.69. The highest BCUT2D eigenvalue weighted by molar-refractivity contribution is 7.13. The van der Waals surface area contributed by atoms with Crippen LogP contribution in [0.1, 0.15) is 21.7 Å². The molecule has 2 amide bonds. The van der Waals surface area contributed by atoms with Crippen LogP contribution in [-0.4, -0.2) is 54.5 Å². The summed E-state index contributed by atoms with van der Waals surface area (Å²) in [5, 5.41) is 5.00. The first-order valence-corrected chi connectivity index (χ1v) is 8.57. The molecule has 1 N–H and O–H groups in total. The van der Waals surface area contributed by atoms with Gasteiger partial charge in [-0.2, -0.15) is 0 Å². The van der Waals surface area contributed by atoms with E-state index in [0.717, 1.165) is 16.4 Å². The molecule has 0 aliphatic carbocycles. The van der Waals surface area contributed by atoms with E-state index >= 15 is 0 Å². The maximum absolute atomic E-state index is 12.4. The fourth-order valence-corrected chi connectivity index (χ4v) is 3.32. The molecule has 0 aliphatic rings. The molecule has 7 nitrogen and oxygen atoms in total. The van der Waals surface area contributed by atoms with E-state index in [4.69, 9.17) is 4.74 Å². The number of thiophene rings is 1. The molecule has 2 heterocycles. The van der Waals surface area contributed by atoms with Crippen LogP contribution in [0.5, 0.6) is 0 Å².